The lowest BCUT2D eigenvalue weighted by Gasteiger charge is -2.00. The van der Waals surface area contributed by atoms with E-state index in [9.17, 15) is 4.79 Å². The summed E-state index contributed by atoms with van der Waals surface area (Å²) in [5.41, 5.74) is 1.19. The van der Waals surface area contributed by atoms with Crippen LogP contribution in [-0.4, -0.2) is 26.0 Å². The molecule has 0 aromatic heterocycles. The van der Waals surface area contributed by atoms with Gasteiger partial charge in [-0.2, -0.15) is 0 Å². The molecular weight excluding hydrogens is 200 g/mol. The van der Waals surface area contributed by atoms with E-state index in [0.29, 0.717) is 13.0 Å². The third-order valence-corrected chi connectivity index (χ3v) is 2.18. The fourth-order valence-corrected chi connectivity index (χ4v) is 1.27. The molecule has 0 atom stereocenters. The van der Waals surface area contributed by atoms with E-state index in [2.05, 4.69) is 34.9 Å². The largest absolute Gasteiger partial charge is 0.359 e. The van der Waals surface area contributed by atoms with Crippen LogP contribution >= 0.6 is 0 Å². The van der Waals surface area contributed by atoms with Crippen molar-refractivity contribution < 1.29 is 4.79 Å². The van der Waals surface area contributed by atoms with Gasteiger partial charge in [-0.3, -0.25) is 4.79 Å². The van der Waals surface area contributed by atoms with Gasteiger partial charge in [-0.25, -0.2) is 0 Å². The Kier molecular flexibility index (Phi) is 5.96. The van der Waals surface area contributed by atoms with Crippen LogP contribution in [-0.2, 0) is 4.79 Å². The molecule has 0 radical (unpaired) electrons. The average Bonchev–Trinajstić information content (AvgIpc) is 2.34. The molecule has 0 bridgehead atoms. The third-order valence-electron chi connectivity index (χ3n) is 2.18. The highest BCUT2D eigenvalue weighted by Crippen LogP contribution is 1.99. The van der Waals surface area contributed by atoms with Crippen LogP contribution in [0.2, 0.25) is 0 Å². The molecular formula is C13H18N2O. The van der Waals surface area contributed by atoms with Gasteiger partial charge < -0.3 is 10.6 Å². The van der Waals surface area contributed by atoms with Gasteiger partial charge in [0.15, 0.2) is 0 Å². The van der Waals surface area contributed by atoms with Crippen molar-refractivity contribution in [2.45, 2.75) is 6.42 Å². The van der Waals surface area contributed by atoms with Crippen LogP contribution < -0.4 is 10.6 Å². The minimum atomic E-state index is 0.0690. The van der Waals surface area contributed by atoms with Crippen molar-refractivity contribution >= 4 is 12.0 Å². The zero-order chi connectivity index (χ0) is 11.6. The summed E-state index contributed by atoms with van der Waals surface area (Å²) in [6.45, 7) is 1.49. The van der Waals surface area contributed by atoms with E-state index in [1.54, 1.807) is 7.05 Å². The number of hydrogen-bond donors (Lipinski definition) is 2. The molecule has 86 valence electrons. The number of amides is 1. The molecule has 0 spiro atoms. The normalized spacial score (nSPS) is 10.6. The van der Waals surface area contributed by atoms with Crippen LogP contribution in [0.4, 0.5) is 0 Å². The van der Waals surface area contributed by atoms with Crippen LogP contribution in [0.1, 0.15) is 12.0 Å². The monoisotopic (exact) mass is 218 g/mol. The van der Waals surface area contributed by atoms with Crippen LogP contribution in [0.5, 0.6) is 0 Å². The van der Waals surface area contributed by atoms with Gasteiger partial charge in [-0.05, 0) is 5.56 Å². The Morgan fingerprint density at radius 1 is 1.31 bits per heavy atom. The summed E-state index contributed by atoms with van der Waals surface area (Å²) in [4.78, 5) is 10.9. The van der Waals surface area contributed by atoms with Crippen LogP contribution in [0.25, 0.3) is 6.08 Å². The molecule has 3 nitrogen and oxygen atoms in total. The smallest absolute Gasteiger partial charge is 0.221 e. The summed E-state index contributed by atoms with van der Waals surface area (Å²) in [5, 5.41) is 5.76. The molecule has 0 aliphatic heterocycles. The molecule has 1 rings (SSSR count). The standard InChI is InChI=1S/C13H18N2O/c1-14-13(16)9-11-15-10-5-8-12-6-3-2-4-7-12/h2-8,15H,9-11H2,1H3,(H,14,16). The second-order valence-electron chi connectivity index (χ2n) is 3.44. The maximum atomic E-state index is 10.9. The van der Waals surface area contributed by atoms with Crippen LogP contribution in [0.3, 0.4) is 0 Å². The van der Waals surface area contributed by atoms with Gasteiger partial charge in [0.25, 0.3) is 0 Å². The first-order valence-electron chi connectivity index (χ1n) is 5.46. The van der Waals surface area contributed by atoms with Gasteiger partial charge in [0.2, 0.25) is 5.91 Å². The summed E-state index contributed by atoms with van der Waals surface area (Å²) < 4.78 is 0. The summed E-state index contributed by atoms with van der Waals surface area (Å²) >= 11 is 0. The molecule has 0 saturated heterocycles. The second-order valence-corrected chi connectivity index (χ2v) is 3.44. The summed E-state index contributed by atoms with van der Waals surface area (Å²) in [6, 6.07) is 10.1. The van der Waals surface area contributed by atoms with Crippen molar-refractivity contribution in [1.29, 1.82) is 0 Å². The van der Waals surface area contributed by atoms with Crippen molar-refractivity contribution in [2.75, 3.05) is 20.1 Å². The number of carbonyl (C=O) groups excluding carboxylic acids is 1. The number of rotatable bonds is 6. The van der Waals surface area contributed by atoms with Gasteiger partial charge >= 0.3 is 0 Å². The summed E-state index contributed by atoms with van der Waals surface area (Å²) in [7, 11) is 1.65. The number of carbonyl (C=O) groups is 1. The van der Waals surface area contributed by atoms with Crippen molar-refractivity contribution in [3.8, 4) is 0 Å². The van der Waals surface area contributed by atoms with E-state index in [1.807, 2.05) is 18.2 Å². The van der Waals surface area contributed by atoms with Crippen molar-refractivity contribution in [3.63, 3.8) is 0 Å². The molecule has 1 aromatic carbocycles. The predicted octanol–water partition coefficient (Wildman–Crippen LogP) is 1.43. The first-order valence-corrected chi connectivity index (χ1v) is 5.46. The lowest BCUT2D eigenvalue weighted by atomic mass is 10.2. The van der Waals surface area contributed by atoms with Gasteiger partial charge in [0.05, 0.1) is 0 Å². The number of hydrogen-bond acceptors (Lipinski definition) is 2. The van der Waals surface area contributed by atoms with Gasteiger partial charge in [0, 0.05) is 26.6 Å². The SMILES string of the molecule is CNC(=O)CCNCC=Cc1ccccc1. The Morgan fingerprint density at radius 2 is 2.06 bits per heavy atom. The molecule has 0 aliphatic rings. The fourth-order valence-electron chi connectivity index (χ4n) is 1.27. The zero-order valence-electron chi connectivity index (χ0n) is 9.57. The number of benzene rings is 1. The molecule has 0 heterocycles. The van der Waals surface area contributed by atoms with Crippen molar-refractivity contribution in [3.05, 3.63) is 42.0 Å². The summed E-state index contributed by atoms with van der Waals surface area (Å²) in [6.07, 6.45) is 4.64. The molecule has 0 aliphatic carbocycles. The lowest BCUT2D eigenvalue weighted by molar-refractivity contribution is -0.120. The highest BCUT2D eigenvalue weighted by molar-refractivity contribution is 5.75. The van der Waals surface area contributed by atoms with Gasteiger partial charge in [0.1, 0.15) is 0 Å². The van der Waals surface area contributed by atoms with Crippen LogP contribution in [0, 0.1) is 0 Å². The Labute approximate surface area is 96.6 Å². The Morgan fingerprint density at radius 3 is 2.75 bits per heavy atom. The minimum absolute atomic E-state index is 0.0690. The Balaban J connectivity index is 2.12. The van der Waals surface area contributed by atoms with E-state index >= 15 is 0 Å². The Hall–Kier alpha value is -1.61. The predicted molar refractivity (Wildman–Crippen MR) is 67.0 cm³/mol. The third kappa shape index (κ3) is 5.32. The number of nitrogens with one attached hydrogen (secondary N) is 2. The van der Waals surface area contributed by atoms with E-state index < -0.39 is 0 Å². The molecule has 0 fully saturated rings. The molecule has 3 heteroatoms. The van der Waals surface area contributed by atoms with Crippen LogP contribution in [0.15, 0.2) is 36.4 Å². The van der Waals surface area contributed by atoms with Gasteiger partial charge in [-0.1, -0.05) is 42.5 Å². The summed E-state index contributed by atoms with van der Waals surface area (Å²) in [5.74, 6) is 0.0690. The Bertz CT molecular complexity index is 333. The molecule has 1 amide bonds. The molecule has 16 heavy (non-hydrogen) atoms. The first-order chi connectivity index (χ1) is 7.83. The maximum Gasteiger partial charge on any atom is 0.221 e. The van der Waals surface area contributed by atoms with E-state index in [0.717, 1.165) is 6.54 Å². The quantitative estimate of drug-likeness (QED) is 0.709. The van der Waals surface area contributed by atoms with Gasteiger partial charge in [-0.15, -0.1) is 0 Å². The average molecular weight is 218 g/mol. The molecule has 0 saturated carbocycles. The molecule has 1 aromatic rings. The minimum Gasteiger partial charge on any atom is -0.359 e. The topological polar surface area (TPSA) is 41.1 Å². The van der Waals surface area contributed by atoms with E-state index in [1.165, 1.54) is 5.56 Å². The first kappa shape index (κ1) is 12.5. The fraction of sp³-hybridized carbons (Fsp3) is 0.308. The van der Waals surface area contributed by atoms with E-state index in [-0.39, 0.29) is 5.91 Å². The maximum absolute atomic E-state index is 10.9. The van der Waals surface area contributed by atoms with Crippen molar-refractivity contribution in [2.24, 2.45) is 0 Å². The van der Waals surface area contributed by atoms with E-state index in [4.69, 9.17) is 0 Å². The lowest BCUT2D eigenvalue weighted by Crippen LogP contribution is -2.24. The van der Waals surface area contributed by atoms with Crippen molar-refractivity contribution in [1.82, 2.24) is 10.6 Å². The molecule has 2 N–H and O–H groups in total. The molecule has 0 unspecified atom stereocenters. The highest BCUT2D eigenvalue weighted by Gasteiger charge is 1.94. The second kappa shape index (κ2) is 7.65. The zero-order valence-corrected chi connectivity index (χ0v) is 9.57. The highest BCUT2D eigenvalue weighted by atomic mass is 16.1.